The molecule has 0 bridgehead atoms. The smallest absolute Gasteiger partial charge is 0.202 e. The van der Waals surface area contributed by atoms with Crippen LogP contribution in [-0.2, 0) is 0 Å². The Morgan fingerprint density at radius 2 is 2.06 bits per heavy atom. The Hall–Kier alpha value is -1.000. The highest BCUT2D eigenvalue weighted by Gasteiger charge is 2.12. The molecule has 0 atom stereocenters. The number of hydrogen-bond donors (Lipinski definition) is 0. The van der Waals surface area contributed by atoms with Gasteiger partial charge in [-0.1, -0.05) is 0 Å². The van der Waals surface area contributed by atoms with Crippen LogP contribution >= 0.6 is 27.3 Å². The van der Waals surface area contributed by atoms with Crippen LogP contribution in [0.3, 0.4) is 0 Å². The second-order valence-electron chi connectivity index (χ2n) is 3.40. The first kappa shape index (κ1) is 11.5. The lowest BCUT2D eigenvalue weighted by atomic mass is 10.1. The molecule has 1 aromatic carbocycles. The zero-order chi connectivity index (χ0) is 11.7. The highest BCUT2D eigenvalue weighted by Crippen LogP contribution is 2.24. The molecule has 0 spiro atoms. The molecule has 0 radical (unpaired) electrons. The van der Waals surface area contributed by atoms with Crippen molar-refractivity contribution in [2.45, 2.75) is 6.92 Å². The SMILES string of the molecule is Cc1cc(C(=O)c2ccc(Br)s2)ccc1F. The Bertz CT molecular complexity index is 548. The van der Waals surface area contributed by atoms with E-state index in [0.717, 1.165) is 3.79 Å². The van der Waals surface area contributed by atoms with Crippen LogP contribution in [0.25, 0.3) is 0 Å². The van der Waals surface area contributed by atoms with Gasteiger partial charge >= 0.3 is 0 Å². The van der Waals surface area contributed by atoms with Crippen LogP contribution in [0, 0.1) is 12.7 Å². The van der Waals surface area contributed by atoms with Gasteiger partial charge in [-0.2, -0.15) is 0 Å². The Labute approximate surface area is 105 Å². The van der Waals surface area contributed by atoms with E-state index in [1.54, 1.807) is 19.1 Å². The summed E-state index contributed by atoms with van der Waals surface area (Å²) in [6.07, 6.45) is 0. The van der Waals surface area contributed by atoms with Crippen molar-refractivity contribution in [1.82, 2.24) is 0 Å². The number of benzene rings is 1. The molecule has 0 aliphatic carbocycles. The fourth-order valence-electron chi connectivity index (χ4n) is 1.36. The van der Waals surface area contributed by atoms with Crippen molar-refractivity contribution < 1.29 is 9.18 Å². The maximum Gasteiger partial charge on any atom is 0.202 e. The molecule has 4 heteroatoms. The molecule has 82 valence electrons. The number of halogens is 2. The summed E-state index contributed by atoms with van der Waals surface area (Å²) in [5.74, 6) is -0.359. The summed E-state index contributed by atoms with van der Waals surface area (Å²) in [6.45, 7) is 1.65. The number of hydrogen-bond acceptors (Lipinski definition) is 2. The lowest BCUT2D eigenvalue weighted by Crippen LogP contribution is -1.99. The van der Waals surface area contributed by atoms with E-state index in [1.165, 1.54) is 23.5 Å². The molecular weight excluding hydrogens is 291 g/mol. The summed E-state index contributed by atoms with van der Waals surface area (Å²) in [7, 11) is 0. The van der Waals surface area contributed by atoms with Crippen LogP contribution in [-0.4, -0.2) is 5.78 Å². The minimum absolute atomic E-state index is 0.0706. The third-order valence-electron chi connectivity index (χ3n) is 2.22. The summed E-state index contributed by atoms with van der Waals surface area (Å²) in [5, 5.41) is 0. The van der Waals surface area contributed by atoms with Crippen LogP contribution in [0.15, 0.2) is 34.1 Å². The highest BCUT2D eigenvalue weighted by atomic mass is 79.9. The lowest BCUT2D eigenvalue weighted by molar-refractivity contribution is 0.104. The van der Waals surface area contributed by atoms with Crippen molar-refractivity contribution in [1.29, 1.82) is 0 Å². The molecule has 0 aliphatic heterocycles. The summed E-state index contributed by atoms with van der Waals surface area (Å²) in [6, 6.07) is 8.00. The number of rotatable bonds is 2. The first-order valence-corrected chi connectivity index (χ1v) is 6.25. The third kappa shape index (κ3) is 2.23. The van der Waals surface area contributed by atoms with E-state index in [0.29, 0.717) is 16.0 Å². The summed E-state index contributed by atoms with van der Waals surface area (Å²) >= 11 is 4.68. The number of ketones is 1. The minimum atomic E-state index is -0.288. The van der Waals surface area contributed by atoms with E-state index in [1.807, 2.05) is 6.07 Å². The van der Waals surface area contributed by atoms with Gasteiger partial charge in [0.25, 0.3) is 0 Å². The topological polar surface area (TPSA) is 17.1 Å². The van der Waals surface area contributed by atoms with Gasteiger partial charge in [0.05, 0.1) is 8.66 Å². The number of thiophene rings is 1. The van der Waals surface area contributed by atoms with Crippen molar-refractivity contribution in [3.8, 4) is 0 Å². The van der Waals surface area contributed by atoms with Gasteiger partial charge in [0, 0.05) is 5.56 Å². The second kappa shape index (κ2) is 4.47. The van der Waals surface area contributed by atoms with Crippen LogP contribution in [0.5, 0.6) is 0 Å². The average Bonchev–Trinajstić information content (AvgIpc) is 2.68. The van der Waals surface area contributed by atoms with Crippen molar-refractivity contribution in [2.24, 2.45) is 0 Å². The standard InChI is InChI=1S/C12H8BrFOS/c1-7-6-8(2-3-9(7)14)12(15)10-4-5-11(13)16-10/h2-6H,1H3. The van der Waals surface area contributed by atoms with Crippen LogP contribution < -0.4 is 0 Å². The predicted octanol–water partition coefficient (Wildman–Crippen LogP) is 4.19. The van der Waals surface area contributed by atoms with E-state index >= 15 is 0 Å². The fourth-order valence-corrected chi connectivity index (χ4v) is 2.71. The van der Waals surface area contributed by atoms with Gasteiger partial charge in [-0.15, -0.1) is 11.3 Å². The molecule has 0 N–H and O–H groups in total. The largest absolute Gasteiger partial charge is 0.288 e. The van der Waals surface area contributed by atoms with Gasteiger partial charge < -0.3 is 0 Å². The normalized spacial score (nSPS) is 10.4. The maximum absolute atomic E-state index is 13.1. The Morgan fingerprint density at radius 3 is 2.62 bits per heavy atom. The number of carbonyl (C=O) groups is 1. The molecule has 0 amide bonds. The zero-order valence-corrected chi connectivity index (χ0v) is 10.9. The molecule has 1 heterocycles. The van der Waals surface area contributed by atoms with Gasteiger partial charge in [0.2, 0.25) is 5.78 Å². The minimum Gasteiger partial charge on any atom is -0.288 e. The first-order chi connectivity index (χ1) is 7.58. The van der Waals surface area contributed by atoms with Crippen molar-refractivity contribution in [3.05, 3.63) is 55.9 Å². The van der Waals surface area contributed by atoms with Gasteiger partial charge in [0.1, 0.15) is 5.82 Å². The molecule has 0 saturated heterocycles. The molecule has 0 unspecified atom stereocenters. The van der Waals surface area contributed by atoms with E-state index < -0.39 is 0 Å². The Kier molecular flexibility index (Phi) is 3.21. The van der Waals surface area contributed by atoms with E-state index in [2.05, 4.69) is 15.9 Å². The molecule has 16 heavy (non-hydrogen) atoms. The number of carbonyl (C=O) groups excluding carboxylic acids is 1. The average molecular weight is 299 g/mol. The molecule has 0 fully saturated rings. The summed E-state index contributed by atoms with van der Waals surface area (Å²) in [5.41, 5.74) is 1.01. The van der Waals surface area contributed by atoms with E-state index in [-0.39, 0.29) is 11.6 Å². The maximum atomic E-state index is 13.1. The fraction of sp³-hybridized carbons (Fsp3) is 0.0833. The Morgan fingerprint density at radius 1 is 1.31 bits per heavy atom. The predicted molar refractivity (Wildman–Crippen MR) is 66.6 cm³/mol. The van der Waals surface area contributed by atoms with E-state index in [9.17, 15) is 9.18 Å². The summed E-state index contributed by atoms with van der Waals surface area (Å²) in [4.78, 5) is 12.6. The first-order valence-electron chi connectivity index (χ1n) is 4.64. The molecular formula is C12H8BrFOS. The van der Waals surface area contributed by atoms with Gasteiger partial charge in [-0.25, -0.2) is 4.39 Å². The third-order valence-corrected chi connectivity index (χ3v) is 3.84. The van der Waals surface area contributed by atoms with Crippen LogP contribution in [0.1, 0.15) is 20.8 Å². The van der Waals surface area contributed by atoms with Gasteiger partial charge in [0.15, 0.2) is 0 Å². The van der Waals surface area contributed by atoms with Crippen molar-refractivity contribution >= 4 is 33.0 Å². The molecule has 0 aliphatic rings. The van der Waals surface area contributed by atoms with Crippen LogP contribution in [0.4, 0.5) is 4.39 Å². The molecule has 1 aromatic heterocycles. The molecule has 2 aromatic rings. The van der Waals surface area contributed by atoms with Crippen molar-refractivity contribution in [3.63, 3.8) is 0 Å². The van der Waals surface area contributed by atoms with Crippen molar-refractivity contribution in [2.75, 3.05) is 0 Å². The monoisotopic (exact) mass is 298 g/mol. The lowest BCUT2D eigenvalue weighted by Gasteiger charge is -2.00. The molecule has 1 nitrogen and oxygen atoms in total. The van der Waals surface area contributed by atoms with Crippen LogP contribution in [0.2, 0.25) is 0 Å². The zero-order valence-electron chi connectivity index (χ0n) is 8.46. The second-order valence-corrected chi connectivity index (χ2v) is 5.86. The van der Waals surface area contributed by atoms with E-state index in [4.69, 9.17) is 0 Å². The Balaban J connectivity index is 2.38. The molecule has 0 saturated carbocycles. The highest BCUT2D eigenvalue weighted by molar-refractivity contribution is 9.11. The molecule has 2 rings (SSSR count). The number of aryl methyl sites for hydroxylation is 1. The van der Waals surface area contributed by atoms with Gasteiger partial charge in [-0.05, 0) is 58.7 Å². The van der Waals surface area contributed by atoms with Gasteiger partial charge in [-0.3, -0.25) is 4.79 Å². The quantitative estimate of drug-likeness (QED) is 0.760. The summed E-state index contributed by atoms with van der Waals surface area (Å²) < 4.78 is 14.0.